The number of nitrogens with one attached hydrogen (secondary N) is 1. The van der Waals surface area contributed by atoms with Crippen molar-refractivity contribution in [3.05, 3.63) is 0 Å². The SMILES string of the molecule is CC1(C)CC(NC(=O)C(F)(F)F)C(=O)O1. The van der Waals surface area contributed by atoms with E-state index < -0.39 is 29.7 Å². The number of esters is 1. The van der Waals surface area contributed by atoms with Crippen molar-refractivity contribution in [3.63, 3.8) is 0 Å². The van der Waals surface area contributed by atoms with Crippen LogP contribution in [-0.4, -0.2) is 29.7 Å². The topological polar surface area (TPSA) is 55.4 Å². The molecule has 7 heteroatoms. The summed E-state index contributed by atoms with van der Waals surface area (Å²) in [5, 5.41) is 1.59. The van der Waals surface area contributed by atoms with E-state index in [1.807, 2.05) is 0 Å². The number of halogens is 3. The summed E-state index contributed by atoms with van der Waals surface area (Å²) < 4.78 is 40.3. The van der Waals surface area contributed by atoms with Crippen LogP contribution in [0, 0.1) is 0 Å². The molecule has 1 N–H and O–H groups in total. The number of carbonyl (C=O) groups excluding carboxylic acids is 2. The van der Waals surface area contributed by atoms with Gasteiger partial charge in [0.1, 0.15) is 11.6 Å². The molecule has 0 saturated carbocycles. The third-order valence-corrected chi connectivity index (χ3v) is 1.92. The van der Waals surface area contributed by atoms with Crippen molar-refractivity contribution in [3.8, 4) is 0 Å². The molecule has 4 nitrogen and oxygen atoms in total. The summed E-state index contributed by atoms with van der Waals surface area (Å²) in [6, 6.07) is -1.21. The Balaban J connectivity index is 2.62. The fourth-order valence-electron chi connectivity index (χ4n) is 1.31. The number of cyclic esters (lactones) is 1. The second-order valence-electron chi connectivity index (χ2n) is 3.91. The highest BCUT2D eigenvalue weighted by Crippen LogP contribution is 2.26. The van der Waals surface area contributed by atoms with Crippen LogP contribution >= 0.6 is 0 Å². The maximum atomic E-state index is 11.9. The van der Waals surface area contributed by atoms with Gasteiger partial charge >= 0.3 is 18.1 Å². The zero-order chi connectivity index (χ0) is 11.9. The molecular formula is C8H10F3NO3. The van der Waals surface area contributed by atoms with Crippen LogP contribution in [0.25, 0.3) is 0 Å². The van der Waals surface area contributed by atoms with E-state index in [0.717, 1.165) is 0 Å². The monoisotopic (exact) mass is 225 g/mol. The van der Waals surface area contributed by atoms with E-state index in [4.69, 9.17) is 4.74 Å². The zero-order valence-corrected chi connectivity index (χ0v) is 8.14. The van der Waals surface area contributed by atoms with E-state index in [0.29, 0.717) is 0 Å². The van der Waals surface area contributed by atoms with Crippen molar-refractivity contribution in [2.24, 2.45) is 0 Å². The van der Waals surface area contributed by atoms with Gasteiger partial charge in [0.25, 0.3) is 0 Å². The highest BCUT2D eigenvalue weighted by Gasteiger charge is 2.46. The Kier molecular flexibility index (Phi) is 2.67. The average molecular weight is 225 g/mol. The first-order chi connectivity index (χ1) is 6.62. The van der Waals surface area contributed by atoms with Gasteiger partial charge in [-0.1, -0.05) is 0 Å². The lowest BCUT2D eigenvalue weighted by atomic mass is 10.0. The second-order valence-corrected chi connectivity index (χ2v) is 3.91. The Morgan fingerprint density at radius 3 is 2.40 bits per heavy atom. The minimum atomic E-state index is -4.98. The van der Waals surface area contributed by atoms with Crippen molar-refractivity contribution in [2.45, 2.75) is 38.1 Å². The normalized spacial score (nSPS) is 24.9. The molecule has 1 saturated heterocycles. The summed E-state index contributed by atoms with van der Waals surface area (Å²) in [4.78, 5) is 21.6. The third-order valence-electron chi connectivity index (χ3n) is 1.92. The van der Waals surface area contributed by atoms with Gasteiger partial charge in [0, 0.05) is 6.42 Å². The molecule has 0 spiro atoms. The van der Waals surface area contributed by atoms with Crippen LogP contribution in [0.15, 0.2) is 0 Å². The Morgan fingerprint density at radius 2 is 2.07 bits per heavy atom. The first kappa shape index (κ1) is 11.8. The van der Waals surface area contributed by atoms with E-state index in [9.17, 15) is 22.8 Å². The zero-order valence-electron chi connectivity index (χ0n) is 8.14. The van der Waals surface area contributed by atoms with Gasteiger partial charge < -0.3 is 10.1 Å². The van der Waals surface area contributed by atoms with Crippen LogP contribution in [0.3, 0.4) is 0 Å². The van der Waals surface area contributed by atoms with Crippen LogP contribution in [-0.2, 0) is 14.3 Å². The van der Waals surface area contributed by atoms with Crippen LogP contribution < -0.4 is 5.32 Å². The van der Waals surface area contributed by atoms with Crippen molar-refractivity contribution in [1.29, 1.82) is 0 Å². The van der Waals surface area contributed by atoms with Crippen LogP contribution in [0.1, 0.15) is 20.3 Å². The van der Waals surface area contributed by atoms with Gasteiger partial charge in [-0.15, -0.1) is 0 Å². The molecule has 15 heavy (non-hydrogen) atoms. The smallest absolute Gasteiger partial charge is 0.458 e. The van der Waals surface area contributed by atoms with Gasteiger partial charge in [-0.2, -0.15) is 13.2 Å². The number of hydrogen-bond donors (Lipinski definition) is 1. The first-order valence-corrected chi connectivity index (χ1v) is 4.22. The van der Waals surface area contributed by atoms with E-state index in [-0.39, 0.29) is 6.42 Å². The first-order valence-electron chi connectivity index (χ1n) is 4.22. The summed E-state index contributed by atoms with van der Waals surface area (Å²) in [5.74, 6) is -2.96. The number of ether oxygens (including phenoxy) is 1. The fourth-order valence-corrected chi connectivity index (χ4v) is 1.31. The summed E-state index contributed by atoms with van der Waals surface area (Å²) in [7, 11) is 0. The Morgan fingerprint density at radius 1 is 1.53 bits per heavy atom. The molecule has 1 aliphatic heterocycles. The van der Waals surface area contributed by atoms with Crippen molar-refractivity contribution in [1.82, 2.24) is 5.32 Å². The number of amides is 1. The van der Waals surface area contributed by atoms with Crippen molar-refractivity contribution in [2.75, 3.05) is 0 Å². The predicted octanol–water partition coefficient (Wildman–Crippen LogP) is 0.759. The van der Waals surface area contributed by atoms with Crippen LogP contribution in [0.2, 0.25) is 0 Å². The molecular weight excluding hydrogens is 215 g/mol. The third kappa shape index (κ3) is 2.84. The molecule has 86 valence electrons. The van der Waals surface area contributed by atoms with E-state index in [1.54, 1.807) is 19.2 Å². The van der Waals surface area contributed by atoms with E-state index in [1.165, 1.54) is 0 Å². The summed E-state index contributed by atoms with van der Waals surface area (Å²) in [5.41, 5.74) is -0.833. The molecule has 0 aromatic rings. The molecule has 0 bridgehead atoms. The summed E-state index contributed by atoms with van der Waals surface area (Å²) >= 11 is 0. The van der Waals surface area contributed by atoms with Gasteiger partial charge in [-0.3, -0.25) is 4.79 Å². The lowest BCUT2D eigenvalue weighted by Crippen LogP contribution is -2.45. The van der Waals surface area contributed by atoms with Crippen molar-refractivity contribution >= 4 is 11.9 Å². The molecule has 0 aromatic heterocycles. The molecule has 1 unspecified atom stereocenters. The Labute approximate surface area is 83.8 Å². The molecule has 0 aliphatic carbocycles. The number of carbonyl (C=O) groups is 2. The standard InChI is InChI=1S/C8H10F3NO3/c1-7(2)3-4(5(13)15-7)12-6(14)8(9,10)11/h4H,3H2,1-2H3,(H,12,14). The molecule has 1 atom stereocenters. The highest BCUT2D eigenvalue weighted by atomic mass is 19.4. The fraction of sp³-hybridized carbons (Fsp3) is 0.750. The maximum absolute atomic E-state index is 11.9. The van der Waals surface area contributed by atoms with Crippen LogP contribution in [0.4, 0.5) is 13.2 Å². The van der Waals surface area contributed by atoms with Gasteiger partial charge in [0.2, 0.25) is 0 Å². The predicted molar refractivity (Wildman–Crippen MR) is 42.8 cm³/mol. The van der Waals surface area contributed by atoms with Gasteiger partial charge in [-0.05, 0) is 13.8 Å². The number of rotatable bonds is 1. The quantitative estimate of drug-likeness (QED) is 0.670. The molecule has 0 radical (unpaired) electrons. The van der Waals surface area contributed by atoms with E-state index in [2.05, 4.69) is 0 Å². The lowest BCUT2D eigenvalue weighted by Gasteiger charge is -2.14. The van der Waals surface area contributed by atoms with Crippen molar-refractivity contribution < 1.29 is 27.5 Å². The second kappa shape index (κ2) is 3.39. The van der Waals surface area contributed by atoms with E-state index >= 15 is 0 Å². The number of hydrogen-bond acceptors (Lipinski definition) is 3. The summed E-state index contributed by atoms with van der Waals surface area (Å²) in [6.45, 7) is 3.12. The molecule has 1 aliphatic rings. The molecule has 1 fully saturated rings. The molecule has 1 amide bonds. The lowest BCUT2D eigenvalue weighted by molar-refractivity contribution is -0.175. The minimum Gasteiger partial charge on any atom is -0.458 e. The van der Waals surface area contributed by atoms with Gasteiger partial charge in [-0.25, -0.2) is 4.79 Å². The van der Waals surface area contributed by atoms with Crippen LogP contribution in [0.5, 0.6) is 0 Å². The molecule has 1 heterocycles. The number of alkyl halides is 3. The maximum Gasteiger partial charge on any atom is 0.471 e. The highest BCUT2D eigenvalue weighted by molar-refractivity contribution is 5.88. The van der Waals surface area contributed by atoms with Gasteiger partial charge in [0.15, 0.2) is 0 Å². The molecule has 0 aromatic carbocycles. The molecule has 1 rings (SSSR count). The Hall–Kier alpha value is -1.27. The minimum absolute atomic E-state index is 0.0354. The average Bonchev–Trinajstić information content (AvgIpc) is 2.22. The van der Waals surface area contributed by atoms with Gasteiger partial charge in [0.05, 0.1) is 0 Å². The summed E-state index contributed by atoms with van der Waals surface area (Å²) in [6.07, 6.45) is -4.94. The largest absolute Gasteiger partial charge is 0.471 e. The Bertz CT molecular complexity index is 298.